The van der Waals surface area contributed by atoms with Gasteiger partial charge in [-0.2, -0.15) is 0 Å². The maximum Gasteiger partial charge on any atom is 0.240 e. The first-order valence-corrected chi connectivity index (χ1v) is 9.77. The van der Waals surface area contributed by atoms with E-state index in [-0.39, 0.29) is 11.8 Å². The van der Waals surface area contributed by atoms with Crippen LogP contribution in [0.15, 0.2) is 72.8 Å². The number of benzene rings is 3. The smallest absolute Gasteiger partial charge is 0.240 e. The van der Waals surface area contributed by atoms with Gasteiger partial charge in [0.25, 0.3) is 0 Å². The van der Waals surface area contributed by atoms with Crippen molar-refractivity contribution < 1.29 is 9.59 Å². The second kappa shape index (κ2) is 9.35. The molecule has 0 saturated heterocycles. The molecule has 0 saturated carbocycles. The van der Waals surface area contributed by atoms with Crippen LogP contribution in [0.25, 0.3) is 22.3 Å². The summed E-state index contributed by atoms with van der Waals surface area (Å²) < 4.78 is 0. The van der Waals surface area contributed by atoms with Gasteiger partial charge in [0.1, 0.15) is 0 Å². The summed E-state index contributed by atoms with van der Waals surface area (Å²) in [7, 11) is 0. The number of carbonyl (C=O) groups is 2. The number of anilines is 2. The predicted molar refractivity (Wildman–Crippen MR) is 122 cm³/mol. The van der Waals surface area contributed by atoms with Crippen LogP contribution in [0.1, 0.15) is 13.8 Å². The summed E-state index contributed by atoms with van der Waals surface area (Å²) in [6.45, 7) is 3.30. The van der Waals surface area contributed by atoms with Gasteiger partial charge >= 0.3 is 0 Å². The Morgan fingerprint density at radius 1 is 0.567 bits per heavy atom. The third-order valence-electron chi connectivity index (χ3n) is 4.68. The Hall–Kier alpha value is -3.48. The lowest BCUT2D eigenvalue weighted by molar-refractivity contribution is -0.117. The lowest BCUT2D eigenvalue weighted by Crippen LogP contribution is -2.32. The van der Waals surface area contributed by atoms with Gasteiger partial charge < -0.3 is 22.1 Å². The van der Waals surface area contributed by atoms with E-state index in [2.05, 4.69) is 34.9 Å². The zero-order valence-electron chi connectivity index (χ0n) is 17.1. The summed E-state index contributed by atoms with van der Waals surface area (Å²) in [5.74, 6) is -0.426. The fraction of sp³-hybridized carbons (Fsp3) is 0.167. The van der Waals surface area contributed by atoms with E-state index in [0.29, 0.717) is 11.4 Å². The van der Waals surface area contributed by atoms with E-state index in [1.165, 1.54) is 0 Å². The molecule has 3 aromatic rings. The quantitative estimate of drug-likeness (QED) is 0.505. The Morgan fingerprint density at radius 3 is 1.03 bits per heavy atom. The summed E-state index contributed by atoms with van der Waals surface area (Å²) in [4.78, 5) is 23.4. The first-order chi connectivity index (χ1) is 14.3. The molecule has 3 aromatic carbocycles. The van der Waals surface area contributed by atoms with Crippen molar-refractivity contribution >= 4 is 23.2 Å². The Balaban J connectivity index is 1.69. The van der Waals surface area contributed by atoms with E-state index in [0.717, 1.165) is 22.3 Å². The second-order valence-corrected chi connectivity index (χ2v) is 7.29. The molecular weight excluding hydrogens is 376 g/mol. The average Bonchev–Trinajstić information content (AvgIpc) is 2.75. The molecule has 2 amide bonds. The van der Waals surface area contributed by atoms with Crippen molar-refractivity contribution in [2.45, 2.75) is 25.9 Å². The van der Waals surface area contributed by atoms with E-state index >= 15 is 0 Å². The van der Waals surface area contributed by atoms with Crippen molar-refractivity contribution in [2.75, 3.05) is 10.6 Å². The van der Waals surface area contributed by atoms with Gasteiger partial charge in [-0.3, -0.25) is 9.59 Å². The molecule has 2 unspecified atom stereocenters. The molecule has 0 spiro atoms. The molecule has 6 nitrogen and oxygen atoms in total. The Morgan fingerprint density at radius 2 is 0.800 bits per heavy atom. The van der Waals surface area contributed by atoms with Crippen LogP contribution in [0.2, 0.25) is 0 Å². The van der Waals surface area contributed by atoms with Crippen LogP contribution < -0.4 is 22.1 Å². The van der Waals surface area contributed by atoms with Gasteiger partial charge in [0.05, 0.1) is 12.1 Å². The lowest BCUT2D eigenvalue weighted by atomic mass is 10.00. The van der Waals surface area contributed by atoms with Gasteiger partial charge in [-0.15, -0.1) is 0 Å². The van der Waals surface area contributed by atoms with Gasteiger partial charge in [0, 0.05) is 11.4 Å². The predicted octanol–water partition coefficient (Wildman–Crippen LogP) is 3.59. The number of nitrogens with one attached hydrogen (secondary N) is 2. The highest BCUT2D eigenvalue weighted by atomic mass is 16.2. The molecule has 0 aliphatic rings. The second-order valence-electron chi connectivity index (χ2n) is 7.29. The molecule has 6 N–H and O–H groups in total. The van der Waals surface area contributed by atoms with Crippen LogP contribution in [0.4, 0.5) is 11.4 Å². The zero-order chi connectivity index (χ0) is 21.7. The summed E-state index contributed by atoms with van der Waals surface area (Å²) in [6.07, 6.45) is 0. The minimum absolute atomic E-state index is 0.213. The highest BCUT2D eigenvalue weighted by Gasteiger charge is 2.09. The highest BCUT2D eigenvalue weighted by Crippen LogP contribution is 2.26. The number of amides is 2. The largest absolute Gasteiger partial charge is 0.325 e. The van der Waals surface area contributed by atoms with E-state index in [1.807, 2.05) is 48.5 Å². The lowest BCUT2D eigenvalue weighted by Gasteiger charge is -2.10. The zero-order valence-corrected chi connectivity index (χ0v) is 17.1. The number of hydrogen-bond donors (Lipinski definition) is 4. The van der Waals surface area contributed by atoms with Crippen molar-refractivity contribution in [3.63, 3.8) is 0 Å². The fourth-order valence-corrected chi connectivity index (χ4v) is 2.86. The maximum atomic E-state index is 11.7. The normalized spacial score (nSPS) is 12.7. The SMILES string of the molecule is CC(N)C(=O)Nc1ccc(-c2ccc(-c3ccc(NC(=O)C(C)N)cc3)cc2)cc1. The van der Waals surface area contributed by atoms with E-state index in [4.69, 9.17) is 11.5 Å². The van der Waals surface area contributed by atoms with Gasteiger partial charge in [0.2, 0.25) is 11.8 Å². The number of rotatable bonds is 6. The van der Waals surface area contributed by atoms with Crippen LogP contribution in [-0.4, -0.2) is 23.9 Å². The number of hydrogen-bond acceptors (Lipinski definition) is 4. The molecule has 0 aromatic heterocycles. The van der Waals surface area contributed by atoms with Crippen LogP contribution >= 0.6 is 0 Å². The molecule has 154 valence electrons. The van der Waals surface area contributed by atoms with E-state index in [9.17, 15) is 9.59 Å². The molecule has 0 aliphatic heterocycles. The van der Waals surface area contributed by atoms with Gasteiger partial charge in [-0.25, -0.2) is 0 Å². The third-order valence-corrected chi connectivity index (χ3v) is 4.68. The van der Waals surface area contributed by atoms with Gasteiger partial charge in [-0.1, -0.05) is 48.5 Å². The first-order valence-electron chi connectivity index (χ1n) is 9.77. The fourth-order valence-electron chi connectivity index (χ4n) is 2.86. The van der Waals surface area contributed by atoms with Crippen molar-refractivity contribution in [3.8, 4) is 22.3 Å². The van der Waals surface area contributed by atoms with E-state index in [1.54, 1.807) is 13.8 Å². The van der Waals surface area contributed by atoms with Crippen LogP contribution in [0, 0.1) is 0 Å². The third kappa shape index (κ3) is 5.31. The van der Waals surface area contributed by atoms with Gasteiger partial charge in [0.15, 0.2) is 0 Å². The van der Waals surface area contributed by atoms with E-state index < -0.39 is 12.1 Å². The van der Waals surface area contributed by atoms with Crippen molar-refractivity contribution in [2.24, 2.45) is 11.5 Å². The standard InChI is InChI=1S/C24H26N4O2/c1-15(25)23(29)27-21-11-7-19(8-12-21)17-3-5-18(6-4-17)20-9-13-22(14-10-20)28-24(30)16(2)26/h3-16H,25-26H2,1-2H3,(H,27,29)(H,28,30). The average molecular weight is 402 g/mol. The Kier molecular flexibility index (Phi) is 6.61. The minimum atomic E-state index is -0.549. The number of carbonyl (C=O) groups excluding carboxylic acids is 2. The topological polar surface area (TPSA) is 110 Å². The molecule has 30 heavy (non-hydrogen) atoms. The molecule has 0 radical (unpaired) electrons. The van der Waals surface area contributed by atoms with Crippen molar-refractivity contribution in [1.82, 2.24) is 0 Å². The monoisotopic (exact) mass is 402 g/mol. The molecule has 0 aliphatic carbocycles. The molecule has 0 bridgehead atoms. The highest BCUT2D eigenvalue weighted by molar-refractivity contribution is 5.95. The summed E-state index contributed by atoms with van der Waals surface area (Å²) >= 11 is 0. The van der Waals surface area contributed by atoms with Crippen LogP contribution in [-0.2, 0) is 9.59 Å². The molecule has 2 atom stereocenters. The summed E-state index contributed by atoms with van der Waals surface area (Å²) in [5.41, 5.74) is 16.8. The van der Waals surface area contributed by atoms with Crippen molar-refractivity contribution in [3.05, 3.63) is 72.8 Å². The number of nitrogens with two attached hydrogens (primary N) is 2. The van der Waals surface area contributed by atoms with Gasteiger partial charge in [-0.05, 0) is 60.4 Å². The Bertz CT molecular complexity index is 924. The van der Waals surface area contributed by atoms with Crippen molar-refractivity contribution in [1.29, 1.82) is 0 Å². The molecule has 0 heterocycles. The molecular formula is C24H26N4O2. The first kappa shape index (κ1) is 21.2. The molecule has 0 fully saturated rings. The van der Waals surface area contributed by atoms with Crippen LogP contribution in [0.5, 0.6) is 0 Å². The molecule has 3 rings (SSSR count). The summed E-state index contributed by atoms with van der Waals surface area (Å²) in [5, 5.41) is 5.55. The Labute approximate surface area is 176 Å². The minimum Gasteiger partial charge on any atom is -0.325 e. The maximum absolute atomic E-state index is 11.7. The van der Waals surface area contributed by atoms with Crippen LogP contribution in [0.3, 0.4) is 0 Å². The molecule has 6 heteroatoms. The summed E-state index contributed by atoms with van der Waals surface area (Å²) in [6, 6.07) is 22.4.